The molecule has 20 heavy (non-hydrogen) atoms. The predicted molar refractivity (Wildman–Crippen MR) is 69.2 cm³/mol. The molecule has 0 aliphatic carbocycles. The summed E-state index contributed by atoms with van der Waals surface area (Å²) in [4.78, 5) is 19.0. The molecule has 2 heterocycles. The normalized spacial score (nSPS) is 13.0. The second kappa shape index (κ2) is 12.8. The second-order valence-electron chi connectivity index (χ2n) is 3.48. The van der Waals surface area contributed by atoms with E-state index in [1.807, 2.05) is 36.5 Å². The van der Waals surface area contributed by atoms with Crippen LogP contribution in [0.5, 0.6) is 0 Å². The van der Waals surface area contributed by atoms with E-state index in [-0.39, 0.29) is 0 Å². The Hall–Kier alpha value is -2.68. The van der Waals surface area contributed by atoms with Crippen molar-refractivity contribution in [3.63, 3.8) is 0 Å². The van der Waals surface area contributed by atoms with Crippen LogP contribution in [0.15, 0.2) is 36.5 Å². The summed E-state index contributed by atoms with van der Waals surface area (Å²) >= 11 is 0. The SMILES string of the molecule is O=C([O-])CCC(=O)[O-].[C+]1=CC=CCN1.[C+]1=CC=CCN1. The van der Waals surface area contributed by atoms with E-state index < -0.39 is 24.8 Å². The Labute approximate surface area is 118 Å². The van der Waals surface area contributed by atoms with Crippen LogP contribution in [-0.4, -0.2) is 25.0 Å². The summed E-state index contributed by atoms with van der Waals surface area (Å²) in [7, 11) is 0. The monoisotopic (exact) mass is 276 g/mol. The molecule has 2 rings (SSSR count). The van der Waals surface area contributed by atoms with Gasteiger partial charge in [-0.3, -0.25) is 10.6 Å². The largest absolute Gasteiger partial charge is 0.550 e. The Morgan fingerprint density at radius 3 is 1.40 bits per heavy atom. The quantitative estimate of drug-likeness (QED) is 0.589. The molecule has 2 aliphatic heterocycles. The first-order valence-electron chi connectivity index (χ1n) is 5.96. The van der Waals surface area contributed by atoms with Gasteiger partial charge in [0.15, 0.2) is 24.6 Å². The highest BCUT2D eigenvalue weighted by Crippen LogP contribution is 1.81. The van der Waals surface area contributed by atoms with Crippen LogP contribution in [0.4, 0.5) is 0 Å². The lowest BCUT2D eigenvalue weighted by atomic mass is 10.3. The molecule has 0 unspecified atom stereocenters. The van der Waals surface area contributed by atoms with E-state index in [9.17, 15) is 19.8 Å². The average Bonchev–Trinajstić information content (AvgIpc) is 2.50. The first-order chi connectivity index (χ1) is 9.63. The number of hydrogen-bond donors (Lipinski definition) is 2. The Balaban J connectivity index is 0.000000274. The summed E-state index contributed by atoms with van der Waals surface area (Å²) in [5.41, 5.74) is 0. The summed E-state index contributed by atoms with van der Waals surface area (Å²) in [6.45, 7) is 1.85. The molecule has 0 amide bonds. The van der Waals surface area contributed by atoms with Crippen molar-refractivity contribution in [2.75, 3.05) is 13.1 Å². The van der Waals surface area contributed by atoms with Crippen LogP contribution >= 0.6 is 0 Å². The van der Waals surface area contributed by atoms with Crippen LogP contribution < -0.4 is 20.8 Å². The van der Waals surface area contributed by atoms with Crippen LogP contribution in [0.2, 0.25) is 0 Å². The molecular formula is C14H16N2O4. The molecule has 0 aromatic carbocycles. The lowest BCUT2D eigenvalue weighted by Crippen LogP contribution is -2.27. The van der Waals surface area contributed by atoms with Gasteiger partial charge in [0, 0.05) is 24.1 Å². The van der Waals surface area contributed by atoms with E-state index in [0.29, 0.717) is 0 Å². The Morgan fingerprint density at radius 2 is 1.30 bits per heavy atom. The number of carboxylic acid groups (broad SMARTS) is 2. The number of carbonyl (C=O) groups is 2. The third-order valence-corrected chi connectivity index (χ3v) is 1.81. The average molecular weight is 276 g/mol. The van der Waals surface area contributed by atoms with E-state index >= 15 is 0 Å². The summed E-state index contributed by atoms with van der Waals surface area (Å²) in [5, 5.41) is 24.8. The van der Waals surface area contributed by atoms with Crippen molar-refractivity contribution >= 4 is 11.9 Å². The van der Waals surface area contributed by atoms with Crippen molar-refractivity contribution in [2.45, 2.75) is 12.8 Å². The molecule has 0 fully saturated rings. The Kier molecular flexibility index (Phi) is 11.1. The summed E-state index contributed by atoms with van der Waals surface area (Å²) in [6.07, 6.45) is 16.4. The fourth-order valence-electron chi connectivity index (χ4n) is 0.926. The number of aliphatic carboxylic acids is 2. The lowest BCUT2D eigenvalue weighted by molar-refractivity contribution is -0.315. The number of carbonyl (C=O) groups excluding carboxylic acids is 2. The Morgan fingerprint density at radius 1 is 0.900 bits per heavy atom. The topological polar surface area (TPSA) is 104 Å². The standard InChI is InChI=1S/2C5H6N.C4H6O4/c2*1-2-4-6-5-3-1;5-3(6)1-2-4(7)8/h2*1-3,6H,4H2;1-2H2,(H,5,6)(H,7,8)/q2*+1;/p-2. The minimum absolute atomic E-state index is 0.470. The third-order valence-electron chi connectivity index (χ3n) is 1.81. The zero-order chi connectivity index (χ0) is 15.1. The minimum atomic E-state index is -1.37. The molecule has 2 aliphatic rings. The molecule has 0 radical (unpaired) electrons. The molecule has 0 aromatic heterocycles. The van der Waals surface area contributed by atoms with Gasteiger partial charge in [-0.2, -0.15) is 0 Å². The molecule has 0 spiro atoms. The molecule has 0 aromatic rings. The van der Waals surface area contributed by atoms with Gasteiger partial charge >= 0.3 is 0 Å². The number of allylic oxidation sites excluding steroid dienone is 4. The Bertz CT molecular complexity index is 336. The third kappa shape index (κ3) is 15.3. The first kappa shape index (κ1) is 17.3. The van der Waals surface area contributed by atoms with Gasteiger partial charge in [0.2, 0.25) is 0 Å². The van der Waals surface area contributed by atoms with Gasteiger partial charge in [-0.1, -0.05) is 0 Å². The molecule has 2 N–H and O–H groups in total. The van der Waals surface area contributed by atoms with Gasteiger partial charge in [-0.25, -0.2) is 0 Å². The fraction of sp³-hybridized carbons (Fsp3) is 0.286. The van der Waals surface area contributed by atoms with E-state index in [1.54, 1.807) is 0 Å². The van der Waals surface area contributed by atoms with Crippen LogP contribution in [0.25, 0.3) is 0 Å². The van der Waals surface area contributed by atoms with Gasteiger partial charge < -0.3 is 19.8 Å². The molecule has 6 heteroatoms. The first-order valence-corrected chi connectivity index (χ1v) is 5.96. The summed E-state index contributed by atoms with van der Waals surface area (Å²) < 4.78 is 0. The highest BCUT2D eigenvalue weighted by Gasteiger charge is 1.87. The highest BCUT2D eigenvalue weighted by molar-refractivity contribution is 5.72. The molecule has 0 bridgehead atoms. The lowest BCUT2D eigenvalue weighted by Gasteiger charge is -2.00. The van der Waals surface area contributed by atoms with Crippen molar-refractivity contribution in [2.24, 2.45) is 0 Å². The number of carboxylic acids is 2. The number of nitrogens with one attached hydrogen (secondary N) is 2. The molecule has 0 saturated heterocycles. The predicted octanol–water partition coefficient (Wildman–Crippen LogP) is -1.81. The van der Waals surface area contributed by atoms with Gasteiger partial charge in [0.05, 0.1) is 25.2 Å². The highest BCUT2D eigenvalue weighted by atomic mass is 16.4. The van der Waals surface area contributed by atoms with Gasteiger partial charge in [0.25, 0.3) is 0 Å². The fourth-order valence-corrected chi connectivity index (χ4v) is 0.926. The van der Waals surface area contributed by atoms with Gasteiger partial charge in [-0.05, 0) is 12.8 Å². The smallest absolute Gasteiger partial charge is 0.188 e. The molecular weight excluding hydrogens is 260 g/mol. The maximum absolute atomic E-state index is 9.50. The number of hydrogen-bond acceptors (Lipinski definition) is 6. The summed E-state index contributed by atoms with van der Waals surface area (Å²) in [6, 6.07) is 0. The van der Waals surface area contributed by atoms with Crippen molar-refractivity contribution in [1.82, 2.24) is 10.6 Å². The maximum atomic E-state index is 9.50. The van der Waals surface area contributed by atoms with E-state index in [2.05, 4.69) is 23.0 Å². The van der Waals surface area contributed by atoms with E-state index in [4.69, 9.17) is 0 Å². The number of dihydropyridines is 2. The number of rotatable bonds is 3. The maximum Gasteiger partial charge on any atom is 0.188 e. The van der Waals surface area contributed by atoms with Crippen molar-refractivity contribution in [1.29, 1.82) is 0 Å². The van der Waals surface area contributed by atoms with Crippen LogP contribution in [-0.2, 0) is 9.59 Å². The van der Waals surface area contributed by atoms with Crippen molar-refractivity contribution in [3.05, 3.63) is 48.9 Å². The second-order valence-corrected chi connectivity index (χ2v) is 3.48. The minimum Gasteiger partial charge on any atom is -0.550 e. The van der Waals surface area contributed by atoms with Gasteiger partial charge in [-0.15, -0.1) is 0 Å². The van der Waals surface area contributed by atoms with E-state index in [0.717, 1.165) is 13.1 Å². The molecule has 0 atom stereocenters. The van der Waals surface area contributed by atoms with Crippen LogP contribution in [0.1, 0.15) is 12.8 Å². The van der Waals surface area contributed by atoms with Gasteiger partial charge in [0.1, 0.15) is 0 Å². The molecule has 0 saturated carbocycles. The zero-order valence-corrected chi connectivity index (χ0v) is 10.9. The zero-order valence-electron chi connectivity index (χ0n) is 10.9. The molecule has 6 nitrogen and oxygen atoms in total. The van der Waals surface area contributed by atoms with Crippen LogP contribution in [0, 0.1) is 12.4 Å². The van der Waals surface area contributed by atoms with Crippen molar-refractivity contribution in [3.8, 4) is 0 Å². The summed E-state index contributed by atoms with van der Waals surface area (Å²) in [5.74, 6) is -2.73. The van der Waals surface area contributed by atoms with E-state index in [1.165, 1.54) is 0 Å². The van der Waals surface area contributed by atoms with Crippen LogP contribution in [0.3, 0.4) is 0 Å². The molecule has 106 valence electrons. The van der Waals surface area contributed by atoms with Crippen molar-refractivity contribution < 1.29 is 19.8 Å².